The average Bonchev–Trinajstić information content (AvgIpc) is 3.05. The monoisotopic (exact) mass is 433 g/mol. The zero-order valence-electron chi connectivity index (χ0n) is 16.3. The number of imidazole rings is 1. The minimum absolute atomic E-state index is 0.0508. The summed E-state index contributed by atoms with van der Waals surface area (Å²) in [6.07, 6.45) is -0.821. The van der Waals surface area contributed by atoms with Crippen LogP contribution < -0.4 is 4.74 Å². The van der Waals surface area contributed by atoms with Crippen molar-refractivity contribution in [3.05, 3.63) is 48.6 Å². The first-order chi connectivity index (χ1) is 14.7. The highest BCUT2D eigenvalue weighted by Gasteiger charge is 2.34. The molecule has 0 radical (unpaired) electrons. The summed E-state index contributed by atoms with van der Waals surface area (Å²) in [7, 11) is 1.79. The number of nitrogens with zero attached hydrogens (tertiary/aromatic N) is 5. The lowest BCUT2D eigenvalue weighted by molar-refractivity contribution is -0.274. The molecule has 3 aromatic rings. The molecule has 2 aromatic heterocycles. The van der Waals surface area contributed by atoms with Crippen LogP contribution in [0.15, 0.2) is 42.7 Å². The van der Waals surface area contributed by atoms with Crippen LogP contribution in [0.5, 0.6) is 5.75 Å². The number of carbonyl (C=O) groups excluding carboxylic acids is 1. The normalized spacial score (nSPS) is 16.5. The zero-order valence-corrected chi connectivity index (χ0v) is 16.3. The maximum absolute atomic E-state index is 12.4. The topological polar surface area (TPSA) is 93.4 Å². The van der Waals surface area contributed by atoms with E-state index in [1.807, 2.05) is 0 Å². The van der Waals surface area contributed by atoms with Crippen molar-refractivity contribution in [3.8, 4) is 17.0 Å². The van der Waals surface area contributed by atoms with Gasteiger partial charge >= 0.3 is 6.36 Å². The van der Waals surface area contributed by atoms with E-state index in [1.54, 1.807) is 22.8 Å². The lowest BCUT2D eigenvalue weighted by Gasteiger charge is -2.40. The number of rotatable bonds is 6. The minimum atomic E-state index is -4.76. The molecular formula is C20H18F3N5O3. The van der Waals surface area contributed by atoms with Crippen LogP contribution in [0.2, 0.25) is 0 Å². The Labute approximate surface area is 174 Å². The lowest BCUT2D eigenvalue weighted by atomic mass is 9.98. The van der Waals surface area contributed by atoms with E-state index in [2.05, 4.69) is 19.7 Å². The van der Waals surface area contributed by atoms with E-state index in [9.17, 15) is 23.1 Å². The fraction of sp³-hybridized carbons (Fsp3) is 0.300. The zero-order chi connectivity index (χ0) is 22.2. The number of hydrogen-bond donors (Lipinski definition) is 1. The van der Waals surface area contributed by atoms with Gasteiger partial charge in [-0.2, -0.15) is 0 Å². The number of aliphatic hydroxyl groups is 1. The SMILES string of the molecule is Cn1cnc2c(-c3ccc(OC(F)(F)F)cc3)nc(C3CN([C@@H](O)/C=C/C=O)C3)nc21. The third-order valence-corrected chi connectivity index (χ3v) is 4.95. The van der Waals surface area contributed by atoms with Crippen LogP contribution in [0.25, 0.3) is 22.4 Å². The molecule has 1 aliphatic heterocycles. The van der Waals surface area contributed by atoms with Gasteiger partial charge in [0.05, 0.1) is 6.33 Å². The van der Waals surface area contributed by atoms with Crippen LogP contribution in [0, 0.1) is 0 Å². The number of carbonyl (C=O) groups is 1. The van der Waals surface area contributed by atoms with E-state index >= 15 is 0 Å². The Bertz CT molecular complexity index is 1120. The number of aromatic nitrogens is 4. The van der Waals surface area contributed by atoms with E-state index < -0.39 is 12.6 Å². The molecule has 0 aliphatic carbocycles. The number of aryl methyl sites for hydroxylation is 1. The third kappa shape index (κ3) is 4.42. The molecule has 162 valence electrons. The molecule has 31 heavy (non-hydrogen) atoms. The number of aldehydes is 1. The number of ether oxygens (including phenoxy) is 1. The predicted molar refractivity (Wildman–Crippen MR) is 104 cm³/mol. The number of benzene rings is 1. The van der Waals surface area contributed by atoms with Crippen LogP contribution in [0.3, 0.4) is 0 Å². The summed E-state index contributed by atoms with van der Waals surface area (Å²) in [6, 6.07) is 5.42. The molecule has 11 heteroatoms. The van der Waals surface area contributed by atoms with Crippen molar-refractivity contribution in [2.24, 2.45) is 7.05 Å². The van der Waals surface area contributed by atoms with Gasteiger partial charge in [0.15, 0.2) is 5.65 Å². The van der Waals surface area contributed by atoms with E-state index in [0.29, 0.717) is 47.6 Å². The van der Waals surface area contributed by atoms with E-state index in [4.69, 9.17) is 0 Å². The van der Waals surface area contributed by atoms with Crippen molar-refractivity contribution in [2.75, 3.05) is 13.1 Å². The molecule has 0 saturated carbocycles. The van der Waals surface area contributed by atoms with Crippen molar-refractivity contribution in [3.63, 3.8) is 0 Å². The maximum Gasteiger partial charge on any atom is 0.573 e. The van der Waals surface area contributed by atoms with Gasteiger partial charge in [0.1, 0.15) is 35.3 Å². The molecule has 3 heterocycles. The highest BCUT2D eigenvalue weighted by Crippen LogP contribution is 2.32. The Hall–Kier alpha value is -3.31. The molecule has 1 N–H and O–H groups in total. The van der Waals surface area contributed by atoms with Gasteiger partial charge in [-0.05, 0) is 36.4 Å². The Morgan fingerprint density at radius 3 is 2.58 bits per heavy atom. The number of alkyl halides is 3. The highest BCUT2D eigenvalue weighted by molar-refractivity contribution is 5.87. The second-order valence-corrected chi connectivity index (χ2v) is 7.12. The summed E-state index contributed by atoms with van der Waals surface area (Å²) in [5, 5.41) is 10.0. The molecule has 1 saturated heterocycles. The summed E-state index contributed by atoms with van der Waals surface area (Å²) in [5.74, 6) is 0.171. The first kappa shape index (κ1) is 20.9. The van der Waals surface area contributed by atoms with E-state index in [0.717, 1.165) is 0 Å². The first-order valence-electron chi connectivity index (χ1n) is 9.34. The van der Waals surface area contributed by atoms with Crippen LogP contribution in [-0.2, 0) is 11.8 Å². The van der Waals surface area contributed by atoms with Gasteiger partial charge in [0.25, 0.3) is 0 Å². The first-order valence-corrected chi connectivity index (χ1v) is 9.34. The Balaban J connectivity index is 1.63. The van der Waals surface area contributed by atoms with Gasteiger partial charge in [0, 0.05) is 31.6 Å². The quantitative estimate of drug-likeness (QED) is 0.471. The summed E-state index contributed by atoms with van der Waals surface area (Å²) in [6.45, 7) is 0.983. The van der Waals surface area contributed by atoms with Crippen LogP contribution in [0.4, 0.5) is 13.2 Å². The van der Waals surface area contributed by atoms with Crippen molar-refractivity contribution < 1.29 is 27.8 Å². The molecule has 1 fully saturated rings. The lowest BCUT2D eigenvalue weighted by Crippen LogP contribution is -2.50. The number of aliphatic hydroxyl groups excluding tert-OH is 1. The fourth-order valence-electron chi connectivity index (χ4n) is 3.38. The molecular weight excluding hydrogens is 415 g/mol. The largest absolute Gasteiger partial charge is 0.573 e. The summed E-state index contributed by atoms with van der Waals surface area (Å²) in [4.78, 5) is 25.7. The predicted octanol–water partition coefficient (Wildman–Crippen LogP) is 2.40. The number of halogens is 3. The van der Waals surface area contributed by atoms with E-state index in [1.165, 1.54) is 36.4 Å². The highest BCUT2D eigenvalue weighted by atomic mass is 19.4. The third-order valence-electron chi connectivity index (χ3n) is 4.95. The Morgan fingerprint density at radius 2 is 1.94 bits per heavy atom. The molecule has 0 unspecified atom stereocenters. The Morgan fingerprint density at radius 1 is 1.23 bits per heavy atom. The van der Waals surface area contributed by atoms with E-state index in [-0.39, 0.29) is 11.7 Å². The van der Waals surface area contributed by atoms with Crippen LogP contribution in [0.1, 0.15) is 11.7 Å². The average molecular weight is 433 g/mol. The molecule has 1 atom stereocenters. The molecule has 1 aliphatic rings. The Kier molecular flexibility index (Phi) is 5.46. The molecule has 8 nitrogen and oxygen atoms in total. The molecule has 0 spiro atoms. The van der Waals surface area contributed by atoms with Gasteiger partial charge in [-0.3, -0.25) is 9.69 Å². The molecule has 1 aromatic carbocycles. The van der Waals surface area contributed by atoms with Crippen molar-refractivity contribution in [1.29, 1.82) is 0 Å². The standard InChI is InChI=1S/C20H18F3N5O3/c1-27-11-24-17-16(12-4-6-14(7-5-12)31-20(21,22)23)25-18(26-19(17)27)13-9-28(10-13)15(30)3-2-8-29/h2-8,11,13,15,30H,9-10H2,1H3/b3-2+/t15-/m0/s1. The smallest absolute Gasteiger partial charge is 0.406 e. The minimum Gasteiger partial charge on any atom is -0.406 e. The van der Waals surface area contributed by atoms with Crippen LogP contribution in [-0.4, -0.2) is 61.5 Å². The van der Waals surface area contributed by atoms with Crippen molar-refractivity contribution in [2.45, 2.75) is 18.5 Å². The second kappa shape index (κ2) is 8.08. The number of likely N-dealkylation sites (tertiary alicyclic amines) is 1. The molecule has 0 bridgehead atoms. The van der Waals surface area contributed by atoms with Gasteiger partial charge in [-0.15, -0.1) is 13.2 Å². The number of allylic oxidation sites excluding steroid dienone is 1. The summed E-state index contributed by atoms with van der Waals surface area (Å²) < 4.78 is 42.9. The molecule has 0 amide bonds. The second-order valence-electron chi connectivity index (χ2n) is 7.12. The van der Waals surface area contributed by atoms with Crippen LogP contribution >= 0.6 is 0 Å². The summed E-state index contributed by atoms with van der Waals surface area (Å²) >= 11 is 0. The number of fused-ring (bicyclic) bond motifs is 1. The van der Waals surface area contributed by atoms with Gasteiger partial charge in [-0.25, -0.2) is 15.0 Å². The van der Waals surface area contributed by atoms with Gasteiger partial charge in [0.2, 0.25) is 0 Å². The van der Waals surface area contributed by atoms with Gasteiger partial charge < -0.3 is 14.4 Å². The summed E-state index contributed by atoms with van der Waals surface area (Å²) in [5.41, 5.74) is 2.20. The van der Waals surface area contributed by atoms with Crippen molar-refractivity contribution >= 4 is 17.5 Å². The van der Waals surface area contributed by atoms with Gasteiger partial charge in [-0.1, -0.05) is 0 Å². The fourth-order valence-corrected chi connectivity index (χ4v) is 3.38. The van der Waals surface area contributed by atoms with Crippen molar-refractivity contribution in [1.82, 2.24) is 24.4 Å². The molecule has 4 rings (SSSR count). The maximum atomic E-state index is 12.4. The number of hydrogen-bond acceptors (Lipinski definition) is 7.